The molecule has 0 aliphatic heterocycles. The topological polar surface area (TPSA) is 104 Å². The molecule has 40 heavy (non-hydrogen) atoms. The summed E-state index contributed by atoms with van der Waals surface area (Å²) >= 11 is 0. The fraction of sp³-hybridized carbons (Fsp3) is 0.848. The quantitative estimate of drug-likeness (QED) is 0.227. The molecule has 0 aromatic carbocycles. The first-order chi connectivity index (χ1) is 18.4. The Bertz CT molecular complexity index is 1110. The minimum Gasteiger partial charge on any atom is -0.468 e. The van der Waals surface area contributed by atoms with Gasteiger partial charge in [0.2, 0.25) is 5.78 Å². The van der Waals surface area contributed by atoms with Crippen molar-refractivity contribution in [1.82, 2.24) is 0 Å². The first-order valence-corrected chi connectivity index (χ1v) is 15.3. The molecule has 4 aliphatic rings. The van der Waals surface area contributed by atoms with E-state index in [0.717, 1.165) is 32.1 Å². The molecule has 7 nitrogen and oxygen atoms in total. The van der Waals surface area contributed by atoms with Crippen LogP contribution >= 0.6 is 0 Å². The Morgan fingerprint density at radius 3 is 2.08 bits per heavy atom. The second kappa shape index (κ2) is 10.0. The van der Waals surface area contributed by atoms with Crippen LogP contribution in [0.25, 0.3) is 0 Å². The van der Waals surface area contributed by atoms with Crippen LogP contribution < -0.4 is 0 Å². The molecule has 0 radical (unpaired) electrons. The molecule has 7 heteroatoms. The van der Waals surface area contributed by atoms with Gasteiger partial charge in [0.1, 0.15) is 11.5 Å². The molecule has 4 fully saturated rings. The zero-order valence-corrected chi connectivity index (χ0v) is 26.1. The predicted octanol–water partition coefficient (Wildman–Crippen LogP) is 5.90. The van der Waals surface area contributed by atoms with Gasteiger partial charge in [0.15, 0.2) is 11.6 Å². The van der Waals surface area contributed by atoms with Gasteiger partial charge in [0.05, 0.1) is 7.11 Å². The standard InChI is InChI=1S/C33H50O7/c1-19(2)26(36)22(35)18-33(28(38)39-9)17-16-31(7)21(27(33)37)10-11-24-30(6)14-13-25(40-20(3)34)29(4,5)23(30)12-15-32(24,31)8/h19,21,23-25H,10-18H2,1-9H3/t21?,23?,24?,25?,30-,31+,32+,33+/m0/s1. The van der Waals surface area contributed by atoms with Gasteiger partial charge in [0, 0.05) is 30.6 Å². The Balaban J connectivity index is 1.68. The number of carbonyl (C=O) groups excluding carboxylic acids is 5. The summed E-state index contributed by atoms with van der Waals surface area (Å²) in [6, 6.07) is 0. The molecule has 0 spiro atoms. The maximum Gasteiger partial charge on any atom is 0.319 e. The summed E-state index contributed by atoms with van der Waals surface area (Å²) in [6.45, 7) is 16.3. The van der Waals surface area contributed by atoms with Crippen LogP contribution in [-0.4, -0.2) is 42.5 Å². The van der Waals surface area contributed by atoms with Crippen molar-refractivity contribution in [3.8, 4) is 0 Å². The molecule has 4 unspecified atom stereocenters. The minimum atomic E-state index is -1.59. The fourth-order valence-electron chi connectivity index (χ4n) is 10.5. The van der Waals surface area contributed by atoms with Crippen LogP contribution in [0.1, 0.15) is 113 Å². The van der Waals surface area contributed by atoms with Crippen LogP contribution in [0.15, 0.2) is 0 Å². The van der Waals surface area contributed by atoms with E-state index in [9.17, 15) is 24.0 Å². The van der Waals surface area contributed by atoms with E-state index in [1.165, 1.54) is 14.0 Å². The highest BCUT2D eigenvalue weighted by molar-refractivity contribution is 6.39. The lowest BCUT2D eigenvalue weighted by Crippen LogP contribution is -2.67. The molecule has 224 valence electrons. The van der Waals surface area contributed by atoms with Crippen molar-refractivity contribution < 1.29 is 33.4 Å². The Morgan fingerprint density at radius 1 is 0.850 bits per heavy atom. The monoisotopic (exact) mass is 558 g/mol. The number of ketones is 3. The summed E-state index contributed by atoms with van der Waals surface area (Å²) in [4.78, 5) is 65.0. The smallest absolute Gasteiger partial charge is 0.319 e. The van der Waals surface area contributed by atoms with Gasteiger partial charge < -0.3 is 9.47 Å². The Kier molecular flexibility index (Phi) is 7.76. The Hall–Kier alpha value is -2.05. The second-order valence-corrected chi connectivity index (χ2v) is 15.1. The second-order valence-electron chi connectivity index (χ2n) is 15.1. The number of Topliss-reactive ketones (excluding diaryl/α,β-unsaturated/α-hetero) is 3. The zero-order valence-electron chi connectivity index (χ0n) is 26.1. The van der Waals surface area contributed by atoms with E-state index < -0.39 is 35.3 Å². The van der Waals surface area contributed by atoms with E-state index >= 15 is 0 Å². The van der Waals surface area contributed by atoms with Crippen LogP contribution in [0.4, 0.5) is 0 Å². The van der Waals surface area contributed by atoms with Crippen molar-refractivity contribution in [2.75, 3.05) is 7.11 Å². The SMILES string of the molecule is COC(=O)[C@@]1(CC(=O)C(=O)C(C)C)CC[C@]2(C)C(CCC3[C@@]4(C)CCC(OC(C)=O)C(C)(C)C4CC[C@]32C)C1=O. The molecular formula is C33H50O7. The molecule has 4 rings (SSSR count). The van der Waals surface area contributed by atoms with Gasteiger partial charge >= 0.3 is 11.9 Å². The largest absolute Gasteiger partial charge is 0.468 e. The third-order valence-corrected chi connectivity index (χ3v) is 12.8. The number of ether oxygens (including phenoxy) is 2. The molecule has 4 saturated carbocycles. The molecule has 0 aromatic rings. The van der Waals surface area contributed by atoms with Crippen molar-refractivity contribution in [3.05, 3.63) is 0 Å². The van der Waals surface area contributed by atoms with E-state index in [4.69, 9.17) is 9.47 Å². The van der Waals surface area contributed by atoms with Gasteiger partial charge in [-0.1, -0.05) is 48.5 Å². The third kappa shape index (κ3) is 4.22. The highest BCUT2D eigenvalue weighted by Crippen LogP contribution is 2.74. The number of fused-ring (bicyclic) bond motifs is 5. The normalized spacial score (nSPS) is 42.2. The van der Waals surface area contributed by atoms with E-state index in [1.807, 2.05) is 0 Å². The van der Waals surface area contributed by atoms with Gasteiger partial charge in [0.25, 0.3) is 0 Å². The number of carbonyl (C=O) groups is 5. The number of hydrogen-bond acceptors (Lipinski definition) is 7. The molecule has 0 amide bonds. The number of methoxy groups -OCH3 is 1. The predicted molar refractivity (Wildman–Crippen MR) is 150 cm³/mol. The summed E-state index contributed by atoms with van der Waals surface area (Å²) in [5, 5.41) is 0. The maximum absolute atomic E-state index is 14.4. The Labute approximate surface area is 239 Å². The van der Waals surface area contributed by atoms with Gasteiger partial charge in [-0.25, -0.2) is 0 Å². The molecule has 0 bridgehead atoms. The number of esters is 2. The molecule has 0 N–H and O–H groups in total. The van der Waals surface area contributed by atoms with Crippen molar-refractivity contribution in [1.29, 1.82) is 0 Å². The Morgan fingerprint density at radius 2 is 1.50 bits per heavy atom. The summed E-state index contributed by atoms with van der Waals surface area (Å²) in [5.74, 6) is -2.38. The number of hydrogen-bond donors (Lipinski definition) is 0. The average molecular weight is 559 g/mol. The van der Waals surface area contributed by atoms with Gasteiger partial charge in [-0.2, -0.15) is 0 Å². The lowest BCUT2D eigenvalue weighted by Gasteiger charge is -2.71. The van der Waals surface area contributed by atoms with Crippen molar-refractivity contribution in [3.63, 3.8) is 0 Å². The molecule has 8 atom stereocenters. The van der Waals surface area contributed by atoms with E-state index in [1.54, 1.807) is 13.8 Å². The molecule has 0 saturated heterocycles. The van der Waals surface area contributed by atoms with Gasteiger partial charge in [-0.15, -0.1) is 0 Å². The third-order valence-electron chi connectivity index (χ3n) is 12.8. The van der Waals surface area contributed by atoms with E-state index in [2.05, 4.69) is 34.6 Å². The zero-order chi connectivity index (χ0) is 30.1. The lowest BCUT2D eigenvalue weighted by atomic mass is 9.33. The van der Waals surface area contributed by atoms with E-state index in [0.29, 0.717) is 24.7 Å². The van der Waals surface area contributed by atoms with Gasteiger partial charge in [-0.05, 0) is 79.4 Å². The van der Waals surface area contributed by atoms with Crippen molar-refractivity contribution in [2.24, 2.45) is 50.7 Å². The summed E-state index contributed by atoms with van der Waals surface area (Å²) in [7, 11) is 1.26. The highest BCUT2D eigenvalue weighted by Gasteiger charge is 2.71. The summed E-state index contributed by atoms with van der Waals surface area (Å²) in [5.41, 5.74) is -2.15. The summed E-state index contributed by atoms with van der Waals surface area (Å²) in [6.07, 6.45) is 5.68. The minimum absolute atomic E-state index is 0.0424. The maximum atomic E-state index is 14.4. The summed E-state index contributed by atoms with van der Waals surface area (Å²) < 4.78 is 11.0. The molecule has 0 heterocycles. The van der Waals surface area contributed by atoms with Crippen LogP contribution in [-0.2, 0) is 33.4 Å². The van der Waals surface area contributed by atoms with Gasteiger partial charge in [-0.3, -0.25) is 24.0 Å². The average Bonchev–Trinajstić information content (AvgIpc) is 2.87. The van der Waals surface area contributed by atoms with E-state index in [-0.39, 0.29) is 51.9 Å². The van der Waals surface area contributed by atoms with Crippen LogP contribution in [0.2, 0.25) is 0 Å². The highest BCUT2D eigenvalue weighted by atomic mass is 16.5. The van der Waals surface area contributed by atoms with Crippen molar-refractivity contribution >= 4 is 29.3 Å². The van der Waals surface area contributed by atoms with Crippen LogP contribution in [0.5, 0.6) is 0 Å². The molecular weight excluding hydrogens is 508 g/mol. The van der Waals surface area contributed by atoms with Crippen LogP contribution in [0, 0.1) is 50.7 Å². The first kappa shape index (κ1) is 30.9. The lowest BCUT2D eigenvalue weighted by molar-refractivity contribution is -0.236. The van der Waals surface area contributed by atoms with Crippen molar-refractivity contribution in [2.45, 2.75) is 119 Å². The molecule has 0 aromatic heterocycles. The fourth-order valence-corrected chi connectivity index (χ4v) is 10.5. The van der Waals surface area contributed by atoms with Crippen LogP contribution in [0.3, 0.4) is 0 Å². The molecule has 4 aliphatic carbocycles. The number of rotatable bonds is 6. The first-order valence-electron chi connectivity index (χ1n) is 15.3.